The van der Waals surface area contributed by atoms with Gasteiger partial charge in [-0.25, -0.2) is 0 Å². The number of rotatable bonds is 5. The Morgan fingerprint density at radius 1 is 1.22 bits per heavy atom. The van der Waals surface area contributed by atoms with E-state index in [1.807, 2.05) is 55.6 Å². The molecule has 0 atom stereocenters. The maximum atomic E-state index is 12.2. The van der Waals surface area contributed by atoms with Crippen LogP contribution in [0.2, 0.25) is 5.02 Å². The molecule has 5 heteroatoms. The first-order valence-corrected chi connectivity index (χ1v) is 7.81. The Labute approximate surface area is 139 Å². The highest BCUT2D eigenvalue weighted by Gasteiger charge is 2.09. The topological polar surface area (TPSA) is 54.1 Å². The van der Waals surface area contributed by atoms with Gasteiger partial charge in [0.25, 0.3) is 0 Å². The predicted octanol–water partition coefficient (Wildman–Crippen LogP) is 4.40. The summed E-state index contributed by atoms with van der Waals surface area (Å²) in [5.41, 5.74) is 2.64. The Morgan fingerprint density at radius 2 is 2.00 bits per heavy atom. The van der Waals surface area contributed by atoms with Crippen molar-refractivity contribution in [3.8, 4) is 5.75 Å². The van der Waals surface area contributed by atoms with Crippen LogP contribution in [0.4, 0.5) is 5.69 Å². The zero-order valence-electron chi connectivity index (χ0n) is 12.7. The van der Waals surface area contributed by atoms with Crippen molar-refractivity contribution >= 4 is 34.1 Å². The second-order valence-corrected chi connectivity index (χ2v) is 5.62. The number of anilines is 1. The zero-order valence-corrected chi connectivity index (χ0v) is 13.5. The van der Waals surface area contributed by atoms with Crippen LogP contribution in [-0.4, -0.2) is 17.5 Å². The highest BCUT2D eigenvalue weighted by Crippen LogP contribution is 2.23. The van der Waals surface area contributed by atoms with Crippen LogP contribution in [0.5, 0.6) is 5.75 Å². The number of aromatic nitrogens is 1. The SMILES string of the molecule is CCOc1ccc(NC(=O)Cc2c[nH]c3ccc(Cl)cc23)cc1. The van der Waals surface area contributed by atoms with Gasteiger partial charge in [-0.05, 0) is 55.0 Å². The molecule has 23 heavy (non-hydrogen) atoms. The first-order chi connectivity index (χ1) is 11.2. The van der Waals surface area contributed by atoms with E-state index in [1.54, 1.807) is 0 Å². The number of fused-ring (bicyclic) bond motifs is 1. The molecule has 0 aliphatic carbocycles. The van der Waals surface area contributed by atoms with Crippen LogP contribution >= 0.6 is 11.6 Å². The average Bonchev–Trinajstić information content (AvgIpc) is 2.92. The van der Waals surface area contributed by atoms with Gasteiger partial charge in [0, 0.05) is 27.8 Å². The summed E-state index contributed by atoms with van der Waals surface area (Å²) in [6.45, 7) is 2.55. The predicted molar refractivity (Wildman–Crippen MR) is 93.3 cm³/mol. The molecule has 3 aromatic rings. The number of carbonyl (C=O) groups excluding carboxylic acids is 1. The third-order valence-electron chi connectivity index (χ3n) is 3.53. The molecule has 0 saturated carbocycles. The number of hydrogen-bond donors (Lipinski definition) is 2. The summed E-state index contributed by atoms with van der Waals surface area (Å²) in [6.07, 6.45) is 2.13. The molecule has 1 heterocycles. The molecule has 2 aromatic carbocycles. The van der Waals surface area contributed by atoms with Crippen molar-refractivity contribution in [2.24, 2.45) is 0 Å². The molecule has 4 nitrogen and oxygen atoms in total. The van der Waals surface area contributed by atoms with Crippen LogP contribution in [0.3, 0.4) is 0 Å². The van der Waals surface area contributed by atoms with Crippen LogP contribution < -0.4 is 10.1 Å². The molecule has 0 unspecified atom stereocenters. The zero-order chi connectivity index (χ0) is 16.2. The van der Waals surface area contributed by atoms with E-state index in [2.05, 4.69) is 10.3 Å². The average molecular weight is 329 g/mol. The van der Waals surface area contributed by atoms with Gasteiger partial charge >= 0.3 is 0 Å². The van der Waals surface area contributed by atoms with Gasteiger partial charge in [-0.15, -0.1) is 0 Å². The molecule has 0 spiro atoms. The lowest BCUT2D eigenvalue weighted by molar-refractivity contribution is -0.115. The van der Waals surface area contributed by atoms with Crippen molar-refractivity contribution in [1.29, 1.82) is 0 Å². The maximum absolute atomic E-state index is 12.2. The van der Waals surface area contributed by atoms with Crippen LogP contribution in [0.25, 0.3) is 10.9 Å². The maximum Gasteiger partial charge on any atom is 0.228 e. The number of hydrogen-bond acceptors (Lipinski definition) is 2. The number of nitrogens with one attached hydrogen (secondary N) is 2. The van der Waals surface area contributed by atoms with Gasteiger partial charge in [0.2, 0.25) is 5.91 Å². The number of carbonyl (C=O) groups is 1. The summed E-state index contributed by atoms with van der Waals surface area (Å²) in [5, 5.41) is 4.52. The first kappa shape index (κ1) is 15.4. The molecule has 0 fully saturated rings. The van der Waals surface area contributed by atoms with Crippen LogP contribution in [0.15, 0.2) is 48.7 Å². The van der Waals surface area contributed by atoms with Crippen LogP contribution in [-0.2, 0) is 11.2 Å². The van der Waals surface area contributed by atoms with Gasteiger partial charge in [-0.2, -0.15) is 0 Å². The fourth-order valence-corrected chi connectivity index (χ4v) is 2.65. The van der Waals surface area contributed by atoms with Gasteiger partial charge in [0.1, 0.15) is 5.75 Å². The van der Waals surface area contributed by atoms with Gasteiger partial charge in [0.05, 0.1) is 13.0 Å². The van der Waals surface area contributed by atoms with E-state index >= 15 is 0 Å². The Hall–Kier alpha value is -2.46. The lowest BCUT2D eigenvalue weighted by Gasteiger charge is -2.07. The molecule has 118 valence electrons. The Morgan fingerprint density at radius 3 is 2.74 bits per heavy atom. The summed E-state index contributed by atoms with van der Waals surface area (Å²) >= 11 is 6.03. The largest absolute Gasteiger partial charge is 0.494 e. The monoisotopic (exact) mass is 328 g/mol. The van der Waals surface area contributed by atoms with Gasteiger partial charge in [0.15, 0.2) is 0 Å². The molecule has 1 aromatic heterocycles. The summed E-state index contributed by atoms with van der Waals surface area (Å²) in [6, 6.07) is 12.9. The molecule has 0 aliphatic rings. The summed E-state index contributed by atoms with van der Waals surface area (Å²) in [4.78, 5) is 15.4. The molecule has 0 saturated heterocycles. The quantitative estimate of drug-likeness (QED) is 0.729. The van der Waals surface area contributed by atoms with Crippen molar-refractivity contribution in [2.45, 2.75) is 13.3 Å². The van der Waals surface area contributed by atoms with Crippen molar-refractivity contribution in [3.63, 3.8) is 0 Å². The highest BCUT2D eigenvalue weighted by molar-refractivity contribution is 6.31. The fourth-order valence-electron chi connectivity index (χ4n) is 2.48. The number of H-pyrrole nitrogens is 1. The van der Waals surface area contributed by atoms with E-state index in [0.29, 0.717) is 11.6 Å². The molecular formula is C18H17ClN2O2. The second-order valence-electron chi connectivity index (χ2n) is 5.19. The van der Waals surface area contributed by atoms with E-state index in [9.17, 15) is 4.79 Å². The summed E-state index contributed by atoms with van der Waals surface area (Å²) in [5.74, 6) is 0.715. The number of halogens is 1. The third kappa shape index (κ3) is 3.66. The lowest BCUT2D eigenvalue weighted by Crippen LogP contribution is -2.14. The highest BCUT2D eigenvalue weighted by atomic mass is 35.5. The number of ether oxygens (including phenoxy) is 1. The van der Waals surface area contributed by atoms with Crippen LogP contribution in [0, 0.1) is 0 Å². The molecular weight excluding hydrogens is 312 g/mol. The van der Waals surface area contributed by atoms with E-state index in [1.165, 1.54) is 0 Å². The third-order valence-corrected chi connectivity index (χ3v) is 3.76. The van der Waals surface area contributed by atoms with E-state index < -0.39 is 0 Å². The molecule has 2 N–H and O–H groups in total. The van der Waals surface area contributed by atoms with Crippen molar-refractivity contribution in [1.82, 2.24) is 4.98 Å². The minimum Gasteiger partial charge on any atom is -0.494 e. The van der Waals surface area contributed by atoms with Crippen molar-refractivity contribution in [2.75, 3.05) is 11.9 Å². The van der Waals surface area contributed by atoms with Crippen molar-refractivity contribution < 1.29 is 9.53 Å². The van der Waals surface area contributed by atoms with Gasteiger partial charge < -0.3 is 15.0 Å². The smallest absolute Gasteiger partial charge is 0.228 e. The summed E-state index contributed by atoms with van der Waals surface area (Å²) < 4.78 is 5.38. The normalized spacial score (nSPS) is 10.7. The number of amides is 1. The lowest BCUT2D eigenvalue weighted by atomic mass is 10.1. The first-order valence-electron chi connectivity index (χ1n) is 7.44. The molecule has 0 radical (unpaired) electrons. The standard InChI is InChI=1S/C18H17ClN2O2/c1-2-23-15-6-4-14(5-7-15)21-18(22)9-12-11-20-17-8-3-13(19)10-16(12)17/h3-8,10-11,20H,2,9H2,1H3,(H,21,22). The minimum absolute atomic E-state index is 0.0740. The number of aromatic amines is 1. The molecule has 0 bridgehead atoms. The van der Waals surface area contributed by atoms with E-state index in [0.717, 1.165) is 27.9 Å². The molecule has 3 rings (SSSR count). The van der Waals surface area contributed by atoms with E-state index in [-0.39, 0.29) is 12.3 Å². The van der Waals surface area contributed by atoms with E-state index in [4.69, 9.17) is 16.3 Å². The summed E-state index contributed by atoms with van der Waals surface area (Å²) in [7, 11) is 0. The van der Waals surface area contributed by atoms with Crippen LogP contribution in [0.1, 0.15) is 12.5 Å². The van der Waals surface area contributed by atoms with Crippen molar-refractivity contribution in [3.05, 3.63) is 59.2 Å². The van der Waals surface area contributed by atoms with Gasteiger partial charge in [-0.3, -0.25) is 4.79 Å². The van der Waals surface area contributed by atoms with Gasteiger partial charge in [-0.1, -0.05) is 11.6 Å². The molecule has 1 amide bonds. The second kappa shape index (κ2) is 6.75. The Bertz CT molecular complexity index is 825. The minimum atomic E-state index is -0.0740. The fraction of sp³-hybridized carbons (Fsp3) is 0.167. The Balaban J connectivity index is 1.69. The Kier molecular flexibility index (Phi) is 4.53. The number of benzene rings is 2. The molecule has 0 aliphatic heterocycles.